The maximum Gasteiger partial charge on any atom is 0.0999 e. The van der Waals surface area contributed by atoms with E-state index in [9.17, 15) is 0 Å². The third kappa shape index (κ3) is 8.99. The van der Waals surface area contributed by atoms with Gasteiger partial charge in [-0.05, 0) is 73.4 Å². The van der Waals surface area contributed by atoms with Gasteiger partial charge in [0, 0.05) is 9.79 Å². The Morgan fingerprint density at radius 3 is 0.733 bits per heavy atom. The van der Waals surface area contributed by atoms with Crippen molar-refractivity contribution in [3.63, 3.8) is 0 Å². The Labute approximate surface area is 367 Å². The Balaban J connectivity index is 1.25. The van der Waals surface area contributed by atoms with Crippen LogP contribution in [0.5, 0.6) is 0 Å². The zero-order valence-corrected chi connectivity index (χ0v) is 38.3. The molecular formula is C56H52S2Si2. The molecule has 0 atom stereocenters. The topological polar surface area (TPSA) is 0 Å². The van der Waals surface area contributed by atoms with Gasteiger partial charge in [0.05, 0.1) is 16.1 Å². The predicted octanol–water partition coefficient (Wildman–Crippen LogP) is 13.1. The van der Waals surface area contributed by atoms with Gasteiger partial charge in [-0.15, -0.1) is 0 Å². The third-order valence-corrected chi connectivity index (χ3v) is 24.9. The minimum Gasteiger partial charge on any atom is -0.0622 e. The van der Waals surface area contributed by atoms with E-state index in [2.05, 4.69) is 220 Å². The van der Waals surface area contributed by atoms with E-state index in [0.29, 0.717) is 0 Å². The molecule has 0 bridgehead atoms. The molecule has 0 N–H and O–H groups in total. The van der Waals surface area contributed by atoms with Crippen LogP contribution in [0.25, 0.3) is 11.1 Å². The smallest absolute Gasteiger partial charge is 0.0622 e. The summed E-state index contributed by atoms with van der Waals surface area (Å²) in [6, 6.07) is 85.0. The van der Waals surface area contributed by atoms with Gasteiger partial charge in [0.25, 0.3) is 0 Å². The Morgan fingerprint density at radius 1 is 0.300 bits per heavy atom. The number of hydrogen-bond acceptors (Lipinski definition) is 2. The van der Waals surface area contributed by atoms with E-state index in [4.69, 9.17) is 0 Å². The second-order valence-electron chi connectivity index (χ2n) is 17.0. The van der Waals surface area contributed by atoms with E-state index in [1.807, 2.05) is 21.6 Å². The minimum atomic E-state index is -2.34. The molecule has 0 aromatic heterocycles. The fourth-order valence-corrected chi connectivity index (χ4v) is 23.2. The maximum atomic E-state index is 2.70. The van der Waals surface area contributed by atoms with E-state index in [0.717, 1.165) is 36.3 Å². The molecule has 0 saturated carbocycles. The van der Waals surface area contributed by atoms with E-state index in [1.54, 1.807) is 10.4 Å². The normalized spacial score (nSPS) is 12.4. The van der Waals surface area contributed by atoms with Crippen LogP contribution in [0.4, 0.5) is 0 Å². The van der Waals surface area contributed by atoms with Crippen LogP contribution in [0.1, 0.15) is 44.5 Å². The number of rotatable bonds is 14. The average molecular weight is 845 g/mol. The van der Waals surface area contributed by atoms with E-state index in [1.165, 1.54) is 65.4 Å². The van der Waals surface area contributed by atoms with E-state index < -0.39 is 16.1 Å². The van der Waals surface area contributed by atoms with Crippen molar-refractivity contribution >= 4 is 48.1 Å². The summed E-state index contributed by atoms with van der Waals surface area (Å²) in [4.78, 5) is 2.79. The van der Waals surface area contributed by atoms with Gasteiger partial charge >= 0.3 is 0 Å². The molecule has 0 radical (unpaired) electrons. The van der Waals surface area contributed by atoms with Crippen molar-refractivity contribution in [3.8, 4) is 11.1 Å². The number of aryl methyl sites for hydroxylation is 2. The molecule has 1 aliphatic heterocycles. The third-order valence-electron chi connectivity index (χ3n) is 12.6. The van der Waals surface area contributed by atoms with Crippen molar-refractivity contribution in [3.05, 3.63) is 251 Å². The molecule has 60 heavy (non-hydrogen) atoms. The first-order chi connectivity index (χ1) is 29.5. The fraction of sp³-hybridized carbons (Fsp3) is 0.143. The number of hydrogen-bond donors (Lipinski definition) is 0. The van der Waals surface area contributed by atoms with Gasteiger partial charge in [-0.3, -0.25) is 0 Å². The molecule has 0 fully saturated rings. The molecule has 296 valence electrons. The van der Waals surface area contributed by atoms with Crippen LogP contribution in [0.3, 0.4) is 0 Å². The molecule has 0 spiro atoms. The lowest BCUT2D eigenvalue weighted by molar-refractivity contribution is 1.14. The Morgan fingerprint density at radius 2 is 0.517 bits per heavy atom. The molecule has 8 aromatic carbocycles. The van der Waals surface area contributed by atoms with Crippen molar-refractivity contribution < 1.29 is 0 Å². The van der Waals surface area contributed by atoms with Crippen molar-refractivity contribution in [1.82, 2.24) is 0 Å². The van der Waals surface area contributed by atoms with Crippen LogP contribution in [0.15, 0.2) is 216 Å². The molecule has 1 heterocycles. The van der Waals surface area contributed by atoms with Crippen molar-refractivity contribution in [2.45, 2.75) is 59.9 Å². The largest absolute Gasteiger partial charge is 0.0999 e. The van der Waals surface area contributed by atoms with E-state index >= 15 is 0 Å². The molecule has 0 unspecified atom stereocenters. The second kappa shape index (κ2) is 18.3. The highest BCUT2D eigenvalue weighted by molar-refractivity contribution is 8.76. The molecule has 0 nitrogen and oxygen atoms in total. The quantitative estimate of drug-likeness (QED) is 0.0790. The first-order valence-electron chi connectivity index (χ1n) is 21.3. The first kappa shape index (κ1) is 40.3. The first-order valence-corrected chi connectivity index (χ1v) is 28.7. The van der Waals surface area contributed by atoms with Gasteiger partial charge < -0.3 is 0 Å². The van der Waals surface area contributed by atoms with Gasteiger partial charge in [0.1, 0.15) is 0 Å². The lowest BCUT2D eigenvalue weighted by Gasteiger charge is -2.37. The van der Waals surface area contributed by atoms with Gasteiger partial charge in [-0.2, -0.15) is 0 Å². The van der Waals surface area contributed by atoms with Crippen LogP contribution in [-0.2, 0) is 36.3 Å². The zero-order valence-electron chi connectivity index (χ0n) is 34.7. The summed E-state index contributed by atoms with van der Waals surface area (Å²) in [5.41, 5.74) is 14.4. The van der Waals surface area contributed by atoms with Crippen molar-refractivity contribution in [2.24, 2.45) is 0 Å². The summed E-state index contributed by atoms with van der Waals surface area (Å²) in [6.45, 7) is 4.80. The highest BCUT2D eigenvalue weighted by atomic mass is 33.1. The van der Waals surface area contributed by atoms with Gasteiger partial charge in [0.15, 0.2) is 0 Å². The Kier molecular flexibility index (Phi) is 12.3. The summed E-state index contributed by atoms with van der Waals surface area (Å²) in [6.07, 6.45) is 0. The minimum absolute atomic E-state index is 1.09. The van der Waals surface area contributed by atoms with Crippen LogP contribution < -0.4 is 10.4 Å². The molecule has 4 heteroatoms. The van der Waals surface area contributed by atoms with Gasteiger partial charge in [-0.25, -0.2) is 0 Å². The second-order valence-corrected chi connectivity index (χ2v) is 27.6. The van der Waals surface area contributed by atoms with E-state index in [-0.39, 0.29) is 0 Å². The van der Waals surface area contributed by atoms with Crippen molar-refractivity contribution in [1.29, 1.82) is 0 Å². The Hall–Kier alpha value is -5.11. The Bertz CT molecular complexity index is 2260. The number of benzene rings is 8. The van der Waals surface area contributed by atoms with Gasteiger partial charge in [-0.1, -0.05) is 271 Å². The highest BCUT2D eigenvalue weighted by Crippen LogP contribution is 2.51. The number of fused-ring (bicyclic) bond motifs is 3. The van der Waals surface area contributed by atoms with Crippen LogP contribution >= 0.6 is 21.6 Å². The average Bonchev–Trinajstić information content (AvgIpc) is 3.28. The SMILES string of the molecule is Cc1cc2c(cc1[Si](Cc1ccccc1)(Cc1ccccc1)Cc1ccccc1)-c1cc([Si](Cc3ccccc3)(Cc3ccccc3)Cc3ccccc3)c(C)cc1SS2. The maximum absolute atomic E-state index is 2.70. The summed E-state index contributed by atoms with van der Waals surface area (Å²) < 4.78 is 0. The lowest BCUT2D eigenvalue weighted by atomic mass is 10.0. The summed E-state index contributed by atoms with van der Waals surface area (Å²) in [5, 5.41) is 3.19. The molecule has 0 aliphatic carbocycles. The molecule has 0 amide bonds. The highest BCUT2D eigenvalue weighted by Gasteiger charge is 2.40. The lowest BCUT2D eigenvalue weighted by Crippen LogP contribution is -2.56. The fourth-order valence-electron chi connectivity index (χ4n) is 10.0. The predicted molar refractivity (Wildman–Crippen MR) is 265 cm³/mol. The summed E-state index contributed by atoms with van der Waals surface area (Å²) in [5.74, 6) is 0. The molecule has 9 rings (SSSR count). The standard InChI is InChI=1S/C56H52S2Si2/c1-43-33-53-51(35-55(43)59(37-45-21-9-3-10-22-45,38-46-23-11-4-12-24-46)39-47-25-13-5-14-26-47)52-36-56(44(2)34-54(52)58-57-53)60(40-48-27-15-6-16-28-48,41-49-29-17-7-18-30-49)42-50-31-19-8-20-32-50/h3-36H,37-42H2,1-2H3. The summed E-state index contributed by atoms with van der Waals surface area (Å²) >= 11 is 0. The molecule has 1 aliphatic rings. The van der Waals surface area contributed by atoms with Gasteiger partial charge in [0.2, 0.25) is 0 Å². The van der Waals surface area contributed by atoms with Crippen LogP contribution in [-0.4, -0.2) is 16.1 Å². The monoisotopic (exact) mass is 844 g/mol. The van der Waals surface area contributed by atoms with Crippen LogP contribution in [0.2, 0.25) is 0 Å². The molecular weight excluding hydrogens is 793 g/mol. The zero-order chi connectivity index (χ0) is 40.8. The molecule has 8 aromatic rings. The summed E-state index contributed by atoms with van der Waals surface area (Å²) in [7, 11) is -0.781. The van der Waals surface area contributed by atoms with Crippen molar-refractivity contribution in [2.75, 3.05) is 0 Å². The van der Waals surface area contributed by atoms with Crippen LogP contribution in [0, 0.1) is 13.8 Å². The molecule has 0 saturated heterocycles.